The van der Waals surface area contributed by atoms with Crippen molar-refractivity contribution < 1.29 is 13.9 Å². The molecule has 0 amide bonds. The van der Waals surface area contributed by atoms with Gasteiger partial charge in [-0.1, -0.05) is 54.4 Å². The lowest BCUT2D eigenvalue weighted by atomic mass is 9.87. The Bertz CT molecular complexity index is 1300. The van der Waals surface area contributed by atoms with Crippen molar-refractivity contribution >= 4 is 31.8 Å². The number of nitrogen functional groups attached to an aromatic ring is 1. The second-order valence-corrected chi connectivity index (χ2v) is 11.7. The molecule has 2 atom stereocenters. The van der Waals surface area contributed by atoms with E-state index in [1.807, 2.05) is 62.4 Å². The van der Waals surface area contributed by atoms with Crippen molar-refractivity contribution in [3.63, 3.8) is 0 Å². The largest absolute Gasteiger partial charge is 0.480 e. The van der Waals surface area contributed by atoms with Crippen LogP contribution in [-0.2, 0) is 22.4 Å². The highest BCUT2D eigenvalue weighted by atomic mass is 35.5. The molecule has 0 bridgehead atoms. The van der Waals surface area contributed by atoms with Crippen LogP contribution in [0.15, 0.2) is 66.4 Å². The van der Waals surface area contributed by atoms with E-state index in [1.165, 1.54) is 18.4 Å². The fourth-order valence-corrected chi connectivity index (χ4v) is 5.27. The average Bonchev–Trinajstić information content (AvgIpc) is 3.75. The van der Waals surface area contributed by atoms with E-state index in [2.05, 4.69) is 20.3 Å². The molecular weight excluding hydrogens is 530 g/mol. The van der Waals surface area contributed by atoms with E-state index in [1.54, 1.807) is 18.7 Å². The van der Waals surface area contributed by atoms with Gasteiger partial charge in [-0.2, -0.15) is 0 Å². The van der Waals surface area contributed by atoms with E-state index in [0.29, 0.717) is 30.3 Å². The Balaban J connectivity index is 0.000000193. The summed E-state index contributed by atoms with van der Waals surface area (Å²) in [6, 6.07) is 15.5. The summed E-state index contributed by atoms with van der Waals surface area (Å²) >= 11 is 6.06. The molecule has 1 aliphatic heterocycles. The molecule has 1 saturated heterocycles. The van der Waals surface area contributed by atoms with Crippen molar-refractivity contribution in [3.8, 4) is 5.75 Å². The quantitative estimate of drug-likeness (QED) is 0.180. The number of aryl methyl sites for hydroxylation is 1. The van der Waals surface area contributed by atoms with Crippen molar-refractivity contribution in [1.82, 2.24) is 4.98 Å². The van der Waals surface area contributed by atoms with Crippen LogP contribution in [0.4, 0.5) is 10.1 Å². The number of alkyl halides is 1. The number of allylic oxidation sites excluding steroid dienone is 2. The molecule has 39 heavy (non-hydrogen) atoms. The van der Waals surface area contributed by atoms with Gasteiger partial charge in [0.1, 0.15) is 11.4 Å². The predicted octanol–water partition coefficient (Wildman–Crippen LogP) is 7.75. The number of ether oxygens (including phenoxy) is 2. The summed E-state index contributed by atoms with van der Waals surface area (Å²) in [4.78, 5) is 4.57. The standard InChI is InChI=1S/C17H20ClN2O2P.C15H19F/c1-11-8-12(18)10-20-16(11)17(4-6-21-7-5-17)22-14-3-2-13(19)9-15(14)23;1-3-15(2,16)14-10-8-13(9-11-14)7-6-12-4-5-12/h2-3,8-10H,4-7,19,23H2,1H3;6,8-11H,3-5,7H2,1-2H3. The Morgan fingerprint density at radius 3 is 2.44 bits per heavy atom. The number of rotatable bonds is 7. The first kappa shape index (κ1) is 29.5. The number of halogens is 2. The van der Waals surface area contributed by atoms with Gasteiger partial charge in [0.2, 0.25) is 0 Å². The smallest absolute Gasteiger partial charge is 0.155 e. The fraction of sp³-hybridized carbons (Fsp3) is 0.406. The molecule has 2 heterocycles. The number of hydrogen-bond acceptors (Lipinski definition) is 4. The molecule has 2 aromatic carbocycles. The highest BCUT2D eigenvalue weighted by Crippen LogP contribution is 2.38. The summed E-state index contributed by atoms with van der Waals surface area (Å²) in [6.07, 6.45) is 9.53. The van der Waals surface area contributed by atoms with Crippen LogP contribution >= 0.6 is 20.8 Å². The van der Waals surface area contributed by atoms with Crippen molar-refractivity contribution in [2.45, 2.75) is 70.6 Å². The van der Waals surface area contributed by atoms with Gasteiger partial charge in [-0.3, -0.25) is 4.98 Å². The molecule has 1 aromatic heterocycles. The molecule has 0 radical (unpaired) electrons. The number of nitrogens with two attached hydrogens (primary N) is 1. The Morgan fingerprint density at radius 1 is 1.15 bits per heavy atom. The zero-order chi connectivity index (χ0) is 28.0. The minimum absolute atomic E-state index is 0.506. The monoisotopic (exact) mass is 568 g/mol. The first-order valence-electron chi connectivity index (χ1n) is 13.6. The average molecular weight is 569 g/mol. The summed E-state index contributed by atoms with van der Waals surface area (Å²) in [7, 11) is 2.68. The van der Waals surface area contributed by atoms with Gasteiger partial charge in [-0.05, 0) is 80.5 Å². The minimum Gasteiger partial charge on any atom is -0.480 e. The van der Waals surface area contributed by atoms with E-state index in [0.717, 1.165) is 47.1 Å². The van der Waals surface area contributed by atoms with E-state index < -0.39 is 11.3 Å². The molecule has 2 aliphatic rings. The van der Waals surface area contributed by atoms with Gasteiger partial charge in [0.05, 0.1) is 23.9 Å². The summed E-state index contributed by atoms with van der Waals surface area (Å²) in [5.41, 5.74) is 10.4. The summed E-state index contributed by atoms with van der Waals surface area (Å²) < 4.78 is 26.0. The molecule has 5 rings (SSSR count). The number of hydrogen-bond donors (Lipinski definition) is 1. The molecule has 2 unspecified atom stereocenters. The molecule has 1 aliphatic carbocycles. The van der Waals surface area contributed by atoms with Crippen molar-refractivity contribution in [1.29, 1.82) is 0 Å². The molecule has 2 N–H and O–H groups in total. The molecule has 7 heteroatoms. The Morgan fingerprint density at radius 2 is 1.85 bits per heavy atom. The molecule has 3 aromatic rings. The van der Waals surface area contributed by atoms with Crippen LogP contribution in [0.3, 0.4) is 0 Å². The van der Waals surface area contributed by atoms with Crippen LogP contribution in [0.2, 0.25) is 5.02 Å². The third kappa shape index (κ3) is 7.81. The highest BCUT2D eigenvalue weighted by molar-refractivity contribution is 7.27. The van der Waals surface area contributed by atoms with Gasteiger partial charge < -0.3 is 15.2 Å². The number of nitrogens with zero attached hydrogens (tertiary/aromatic N) is 1. The zero-order valence-corrected chi connectivity index (χ0v) is 25.0. The Labute approximate surface area is 239 Å². The van der Waals surface area contributed by atoms with Crippen LogP contribution in [0, 0.1) is 6.92 Å². The third-order valence-corrected chi connectivity index (χ3v) is 8.16. The topological polar surface area (TPSA) is 57.4 Å². The maximum absolute atomic E-state index is 14.0. The summed E-state index contributed by atoms with van der Waals surface area (Å²) in [6.45, 7) is 6.83. The number of anilines is 1. The molecule has 2 fully saturated rings. The lowest BCUT2D eigenvalue weighted by Gasteiger charge is -2.38. The minimum atomic E-state index is -1.19. The normalized spacial score (nSPS) is 17.4. The number of pyridine rings is 1. The van der Waals surface area contributed by atoms with Crippen molar-refractivity contribution in [3.05, 3.63) is 93.8 Å². The van der Waals surface area contributed by atoms with Crippen LogP contribution < -0.4 is 15.8 Å². The van der Waals surface area contributed by atoms with Gasteiger partial charge in [-0.15, -0.1) is 9.24 Å². The third-order valence-electron chi connectivity index (χ3n) is 7.50. The fourth-order valence-electron chi connectivity index (χ4n) is 4.71. The van der Waals surface area contributed by atoms with Gasteiger partial charge in [0, 0.05) is 30.0 Å². The number of benzene rings is 2. The van der Waals surface area contributed by atoms with Crippen LogP contribution in [0.25, 0.3) is 0 Å². The van der Waals surface area contributed by atoms with Gasteiger partial charge in [0.15, 0.2) is 5.60 Å². The van der Waals surface area contributed by atoms with E-state index >= 15 is 0 Å². The second kappa shape index (κ2) is 12.8. The maximum atomic E-state index is 14.0. The first-order chi connectivity index (χ1) is 18.6. The van der Waals surface area contributed by atoms with Crippen molar-refractivity contribution in [2.24, 2.45) is 0 Å². The summed E-state index contributed by atoms with van der Waals surface area (Å²) in [5.74, 6) is 0.794. The van der Waals surface area contributed by atoms with E-state index in [4.69, 9.17) is 26.8 Å². The predicted molar refractivity (Wildman–Crippen MR) is 163 cm³/mol. The second-order valence-electron chi connectivity index (χ2n) is 10.6. The van der Waals surface area contributed by atoms with E-state index in [9.17, 15) is 4.39 Å². The molecular formula is C32H39ClFN2O2P. The van der Waals surface area contributed by atoms with Gasteiger partial charge >= 0.3 is 0 Å². The first-order valence-corrected chi connectivity index (χ1v) is 14.6. The van der Waals surface area contributed by atoms with Gasteiger partial charge in [-0.25, -0.2) is 4.39 Å². The lowest BCUT2D eigenvalue weighted by molar-refractivity contribution is -0.0524. The zero-order valence-electron chi connectivity index (χ0n) is 23.1. The molecule has 1 saturated carbocycles. The molecule has 0 spiro atoms. The Kier molecular flexibility index (Phi) is 9.69. The van der Waals surface area contributed by atoms with Crippen LogP contribution in [-0.4, -0.2) is 18.2 Å². The SMILES string of the molecule is CCC(C)(F)c1ccc(CC=C2CC2)cc1.Cc1cc(Cl)cnc1C1(Oc2ccc(N)cc2P)CCOCC1. The molecule has 4 nitrogen and oxygen atoms in total. The highest BCUT2D eigenvalue weighted by Gasteiger charge is 2.40. The Hall–Kier alpha value is -2.46. The molecule has 208 valence electrons. The lowest BCUT2D eigenvalue weighted by Crippen LogP contribution is -2.41. The van der Waals surface area contributed by atoms with E-state index in [-0.39, 0.29) is 0 Å². The van der Waals surface area contributed by atoms with Gasteiger partial charge in [0.25, 0.3) is 0 Å². The maximum Gasteiger partial charge on any atom is 0.155 e. The van der Waals surface area contributed by atoms with Crippen LogP contribution in [0.5, 0.6) is 5.75 Å². The summed E-state index contributed by atoms with van der Waals surface area (Å²) in [5, 5.41) is 1.56. The van der Waals surface area contributed by atoms with Crippen LogP contribution in [0.1, 0.15) is 68.3 Å². The number of aromatic nitrogens is 1. The van der Waals surface area contributed by atoms with Crippen molar-refractivity contribution in [2.75, 3.05) is 18.9 Å².